The second kappa shape index (κ2) is 6.33. The van der Waals surface area contributed by atoms with E-state index in [1.807, 2.05) is 0 Å². The molecule has 2 aliphatic carbocycles. The Labute approximate surface area is 110 Å². The van der Waals surface area contributed by atoms with Crippen LogP contribution in [0, 0.1) is 23.7 Å². The summed E-state index contributed by atoms with van der Waals surface area (Å²) < 4.78 is 0. The van der Waals surface area contributed by atoms with Crippen LogP contribution >= 0.6 is 0 Å². The van der Waals surface area contributed by atoms with E-state index in [0.29, 0.717) is 11.8 Å². The lowest BCUT2D eigenvalue weighted by Crippen LogP contribution is -2.37. The van der Waals surface area contributed by atoms with Gasteiger partial charge in [-0.05, 0) is 62.2 Å². The van der Waals surface area contributed by atoms with Crippen molar-refractivity contribution in [1.29, 1.82) is 0 Å². The van der Waals surface area contributed by atoms with Crippen molar-refractivity contribution in [3.8, 4) is 0 Å². The van der Waals surface area contributed by atoms with Crippen LogP contribution in [0.25, 0.3) is 0 Å². The number of hydrogen-bond donors (Lipinski definition) is 4. The first-order valence-corrected chi connectivity index (χ1v) is 7.45. The highest BCUT2D eigenvalue weighted by atomic mass is 16.3. The molecule has 0 radical (unpaired) electrons. The van der Waals surface area contributed by atoms with E-state index in [0.717, 1.165) is 37.5 Å². The molecule has 0 aromatic rings. The van der Waals surface area contributed by atoms with E-state index in [4.69, 9.17) is 11.5 Å². The molecule has 106 valence electrons. The highest BCUT2D eigenvalue weighted by Gasteiger charge is 2.33. The molecule has 2 aliphatic rings. The Morgan fingerprint density at radius 2 is 1.33 bits per heavy atom. The van der Waals surface area contributed by atoms with Crippen molar-refractivity contribution in [1.82, 2.24) is 0 Å². The zero-order valence-electron chi connectivity index (χ0n) is 11.2. The average molecular weight is 256 g/mol. The predicted molar refractivity (Wildman–Crippen MR) is 71.3 cm³/mol. The molecule has 0 amide bonds. The third-order valence-corrected chi connectivity index (χ3v) is 5.20. The lowest BCUT2D eigenvalue weighted by atomic mass is 9.68. The van der Waals surface area contributed by atoms with Crippen LogP contribution in [0.15, 0.2) is 0 Å². The minimum Gasteiger partial charge on any atom is -0.379 e. The third-order valence-electron chi connectivity index (χ3n) is 5.20. The van der Waals surface area contributed by atoms with Crippen molar-refractivity contribution in [3.05, 3.63) is 0 Å². The highest BCUT2D eigenvalue weighted by molar-refractivity contribution is 4.84. The maximum atomic E-state index is 9.54. The summed E-state index contributed by atoms with van der Waals surface area (Å²) in [7, 11) is 0. The maximum absolute atomic E-state index is 9.54. The van der Waals surface area contributed by atoms with Crippen LogP contribution in [0.5, 0.6) is 0 Å². The number of rotatable bonds is 3. The van der Waals surface area contributed by atoms with E-state index in [9.17, 15) is 10.2 Å². The van der Waals surface area contributed by atoms with Crippen molar-refractivity contribution >= 4 is 0 Å². The zero-order chi connectivity index (χ0) is 13.1. The topological polar surface area (TPSA) is 92.5 Å². The summed E-state index contributed by atoms with van der Waals surface area (Å²) in [6.45, 7) is 0. The Balaban J connectivity index is 1.82. The first-order valence-electron chi connectivity index (χ1n) is 7.45. The predicted octanol–water partition coefficient (Wildman–Crippen LogP) is 1.15. The van der Waals surface area contributed by atoms with Crippen LogP contribution in [0.2, 0.25) is 0 Å². The Morgan fingerprint density at radius 3 is 1.89 bits per heavy atom. The molecule has 18 heavy (non-hydrogen) atoms. The molecule has 4 atom stereocenters. The molecule has 2 saturated carbocycles. The standard InChI is InChI=1S/C14H28N2O2/c15-13(17)10-6-4-9(5-7-10)11-2-1-3-12(8-11)14(16)18/h9-14,17-18H,1-8,15-16H2. The number of aliphatic hydroxyl groups is 2. The molecule has 0 aromatic heterocycles. The Hall–Kier alpha value is -0.160. The molecule has 0 heterocycles. The molecule has 0 aliphatic heterocycles. The fourth-order valence-electron chi connectivity index (χ4n) is 3.96. The summed E-state index contributed by atoms with van der Waals surface area (Å²) in [6.07, 6.45) is 7.80. The fourth-order valence-corrected chi connectivity index (χ4v) is 3.96. The van der Waals surface area contributed by atoms with Gasteiger partial charge in [0.05, 0.1) is 0 Å². The fraction of sp³-hybridized carbons (Fsp3) is 1.00. The molecule has 2 rings (SSSR count). The first kappa shape index (κ1) is 14.3. The normalized spacial score (nSPS) is 41.3. The van der Waals surface area contributed by atoms with Gasteiger partial charge in [0.1, 0.15) is 12.5 Å². The minimum absolute atomic E-state index is 0.292. The Bertz CT molecular complexity index is 250. The molecule has 4 nitrogen and oxygen atoms in total. The molecule has 0 saturated heterocycles. The van der Waals surface area contributed by atoms with Gasteiger partial charge in [0.2, 0.25) is 0 Å². The first-order chi connectivity index (χ1) is 8.58. The minimum atomic E-state index is -0.644. The summed E-state index contributed by atoms with van der Waals surface area (Å²) >= 11 is 0. The van der Waals surface area contributed by atoms with Crippen molar-refractivity contribution in [2.75, 3.05) is 0 Å². The van der Waals surface area contributed by atoms with Crippen molar-refractivity contribution in [2.45, 2.75) is 63.8 Å². The molecular formula is C14H28N2O2. The number of nitrogens with two attached hydrogens (primary N) is 2. The molecule has 6 N–H and O–H groups in total. The molecule has 4 unspecified atom stereocenters. The second-order valence-corrected chi connectivity index (χ2v) is 6.34. The number of aliphatic hydroxyl groups excluding tert-OH is 2. The van der Waals surface area contributed by atoms with Crippen LogP contribution in [-0.2, 0) is 0 Å². The SMILES string of the molecule is NC(O)C1CCC(C2CCCC(C(N)O)C2)CC1. The summed E-state index contributed by atoms with van der Waals surface area (Å²) in [4.78, 5) is 0. The molecule has 0 spiro atoms. The molecule has 2 fully saturated rings. The van der Waals surface area contributed by atoms with Crippen LogP contribution in [-0.4, -0.2) is 22.7 Å². The van der Waals surface area contributed by atoms with Crippen LogP contribution in [0.4, 0.5) is 0 Å². The summed E-state index contributed by atoms with van der Waals surface area (Å²) in [5, 5.41) is 19.0. The van der Waals surface area contributed by atoms with Gasteiger partial charge in [0, 0.05) is 0 Å². The van der Waals surface area contributed by atoms with E-state index in [1.165, 1.54) is 25.7 Å². The van der Waals surface area contributed by atoms with E-state index in [2.05, 4.69) is 0 Å². The lowest BCUT2D eigenvalue weighted by molar-refractivity contribution is 0.0357. The Morgan fingerprint density at radius 1 is 0.722 bits per heavy atom. The zero-order valence-corrected chi connectivity index (χ0v) is 11.2. The van der Waals surface area contributed by atoms with Crippen LogP contribution in [0.3, 0.4) is 0 Å². The lowest BCUT2D eigenvalue weighted by Gasteiger charge is -2.39. The smallest absolute Gasteiger partial charge is 0.105 e. The summed E-state index contributed by atoms with van der Waals surface area (Å²) in [5.41, 5.74) is 11.2. The third kappa shape index (κ3) is 3.44. The largest absolute Gasteiger partial charge is 0.379 e. The highest BCUT2D eigenvalue weighted by Crippen LogP contribution is 2.42. The van der Waals surface area contributed by atoms with Crippen molar-refractivity contribution < 1.29 is 10.2 Å². The van der Waals surface area contributed by atoms with Gasteiger partial charge in [-0.15, -0.1) is 0 Å². The van der Waals surface area contributed by atoms with Gasteiger partial charge in [0.25, 0.3) is 0 Å². The summed E-state index contributed by atoms with van der Waals surface area (Å²) in [6, 6.07) is 0. The van der Waals surface area contributed by atoms with Gasteiger partial charge in [-0.1, -0.05) is 12.8 Å². The van der Waals surface area contributed by atoms with E-state index in [-0.39, 0.29) is 0 Å². The summed E-state index contributed by atoms with van der Waals surface area (Å²) in [5.74, 6) is 2.06. The second-order valence-electron chi connectivity index (χ2n) is 6.34. The van der Waals surface area contributed by atoms with E-state index < -0.39 is 12.5 Å². The van der Waals surface area contributed by atoms with Gasteiger partial charge < -0.3 is 21.7 Å². The molecule has 4 heteroatoms. The van der Waals surface area contributed by atoms with Gasteiger partial charge in [-0.25, -0.2) is 0 Å². The number of hydrogen-bond acceptors (Lipinski definition) is 4. The van der Waals surface area contributed by atoms with Crippen molar-refractivity contribution in [2.24, 2.45) is 35.1 Å². The van der Waals surface area contributed by atoms with Crippen LogP contribution in [0.1, 0.15) is 51.4 Å². The van der Waals surface area contributed by atoms with Crippen molar-refractivity contribution in [3.63, 3.8) is 0 Å². The van der Waals surface area contributed by atoms with Gasteiger partial charge in [-0.2, -0.15) is 0 Å². The van der Waals surface area contributed by atoms with E-state index >= 15 is 0 Å². The molecular weight excluding hydrogens is 228 g/mol. The van der Waals surface area contributed by atoms with Crippen LogP contribution < -0.4 is 11.5 Å². The monoisotopic (exact) mass is 256 g/mol. The molecule has 0 bridgehead atoms. The quantitative estimate of drug-likeness (QED) is 0.570. The molecule has 0 aromatic carbocycles. The Kier molecular flexibility index (Phi) is 5.01. The van der Waals surface area contributed by atoms with E-state index in [1.54, 1.807) is 0 Å². The average Bonchev–Trinajstić information content (AvgIpc) is 2.39. The van der Waals surface area contributed by atoms with Gasteiger partial charge in [0.15, 0.2) is 0 Å². The van der Waals surface area contributed by atoms with Gasteiger partial charge >= 0.3 is 0 Å². The maximum Gasteiger partial charge on any atom is 0.105 e. The van der Waals surface area contributed by atoms with Gasteiger partial charge in [-0.3, -0.25) is 0 Å².